The first-order valence-electron chi connectivity index (χ1n) is 9.55. The summed E-state index contributed by atoms with van der Waals surface area (Å²) in [5.74, 6) is 0.258. The smallest absolute Gasteiger partial charge is 0.254 e. The molecule has 1 atom stereocenters. The van der Waals surface area contributed by atoms with Crippen LogP contribution in [-0.4, -0.2) is 32.3 Å². The highest BCUT2D eigenvalue weighted by Gasteiger charge is 2.29. The van der Waals surface area contributed by atoms with Gasteiger partial charge in [0.1, 0.15) is 0 Å². The first kappa shape index (κ1) is 18.1. The summed E-state index contributed by atoms with van der Waals surface area (Å²) in [5, 5.41) is 0. The molecule has 1 fully saturated rings. The summed E-state index contributed by atoms with van der Waals surface area (Å²) >= 11 is 0. The third-order valence-electron chi connectivity index (χ3n) is 5.07. The maximum absolute atomic E-state index is 13.3. The van der Waals surface area contributed by atoms with E-state index < -0.39 is 0 Å². The summed E-state index contributed by atoms with van der Waals surface area (Å²) in [7, 11) is 0. The molecule has 0 aliphatic carbocycles. The standard InChI is InChI=1S/C22H23N5O/c1-15-13-19(26-22(23)25-15)16-7-6-8-17(14-16)21(28)27-12-5-3-10-20(27)18-9-2-4-11-24-18/h2,4,6-9,11,13-14,20H,3,5,10,12H2,1H3,(H2,23,25,26). The second kappa shape index (κ2) is 7.76. The molecule has 4 rings (SSSR count). The molecule has 0 spiro atoms. The Morgan fingerprint density at radius 1 is 1.11 bits per heavy atom. The largest absolute Gasteiger partial charge is 0.368 e. The molecule has 3 aromatic rings. The highest BCUT2D eigenvalue weighted by Crippen LogP contribution is 2.31. The summed E-state index contributed by atoms with van der Waals surface area (Å²) in [6, 6.07) is 15.3. The Hall–Kier alpha value is -3.28. The van der Waals surface area contributed by atoms with Crippen molar-refractivity contribution >= 4 is 11.9 Å². The first-order chi connectivity index (χ1) is 13.6. The van der Waals surface area contributed by atoms with E-state index in [4.69, 9.17) is 5.73 Å². The van der Waals surface area contributed by atoms with E-state index in [2.05, 4.69) is 15.0 Å². The van der Waals surface area contributed by atoms with Crippen molar-refractivity contribution < 1.29 is 4.79 Å². The van der Waals surface area contributed by atoms with Gasteiger partial charge in [-0.15, -0.1) is 0 Å². The van der Waals surface area contributed by atoms with Gasteiger partial charge in [-0.3, -0.25) is 9.78 Å². The SMILES string of the molecule is Cc1cc(-c2cccc(C(=O)N3CCCCC3c3ccccn3)c2)nc(N)n1. The number of hydrogen-bond donors (Lipinski definition) is 1. The van der Waals surface area contributed by atoms with Crippen LogP contribution in [0.2, 0.25) is 0 Å². The highest BCUT2D eigenvalue weighted by atomic mass is 16.2. The van der Waals surface area contributed by atoms with Gasteiger partial charge in [0.05, 0.1) is 17.4 Å². The van der Waals surface area contributed by atoms with Gasteiger partial charge in [-0.05, 0) is 56.5 Å². The second-order valence-electron chi connectivity index (χ2n) is 7.10. The normalized spacial score (nSPS) is 16.8. The Morgan fingerprint density at radius 2 is 2.00 bits per heavy atom. The van der Waals surface area contributed by atoms with E-state index >= 15 is 0 Å². The molecule has 6 nitrogen and oxygen atoms in total. The van der Waals surface area contributed by atoms with Crippen LogP contribution in [0.25, 0.3) is 11.3 Å². The van der Waals surface area contributed by atoms with Gasteiger partial charge in [-0.25, -0.2) is 9.97 Å². The van der Waals surface area contributed by atoms with E-state index in [0.29, 0.717) is 5.56 Å². The summed E-state index contributed by atoms with van der Waals surface area (Å²) in [6.45, 7) is 2.62. The van der Waals surface area contributed by atoms with Crippen LogP contribution in [0.1, 0.15) is 47.1 Å². The fourth-order valence-corrected chi connectivity index (χ4v) is 3.77. The lowest BCUT2D eigenvalue weighted by atomic mass is 9.97. The summed E-state index contributed by atoms with van der Waals surface area (Å²) < 4.78 is 0. The number of piperidine rings is 1. The van der Waals surface area contributed by atoms with Crippen molar-refractivity contribution in [2.24, 2.45) is 0 Å². The quantitative estimate of drug-likeness (QED) is 0.755. The van der Waals surface area contributed by atoms with Crippen LogP contribution in [0.15, 0.2) is 54.7 Å². The van der Waals surface area contributed by atoms with Crippen LogP contribution in [0.5, 0.6) is 0 Å². The molecule has 1 aliphatic rings. The lowest BCUT2D eigenvalue weighted by Crippen LogP contribution is -2.38. The predicted molar refractivity (Wildman–Crippen MR) is 108 cm³/mol. The molecule has 0 saturated carbocycles. The number of nitrogen functional groups attached to an aromatic ring is 1. The average molecular weight is 373 g/mol. The topological polar surface area (TPSA) is 85.0 Å². The minimum absolute atomic E-state index is 0.0167. The van der Waals surface area contributed by atoms with E-state index in [-0.39, 0.29) is 17.9 Å². The number of carbonyl (C=O) groups is 1. The molecule has 1 aromatic carbocycles. The molecule has 2 aromatic heterocycles. The van der Waals surface area contributed by atoms with Crippen molar-refractivity contribution in [3.05, 3.63) is 71.7 Å². The van der Waals surface area contributed by atoms with Crippen molar-refractivity contribution in [1.29, 1.82) is 0 Å². The summed E-state index contributed by atoms with van der Waals surface area (Å²) in [6.07, 6.45) is 4.83. The third-order valence-corrected chi connectivity index (χ3v) is 5.07. The number of nitrogens with zero attached hydrogens (tertiary/aromatic N) is 4. The lowest BCUT2D eigenvalue weighted by Gasteiger charge is -2.35. The third kappa shape index (κ3) is 3.71. The number of rotatable bonds is 3. The van der Waals surface area contributed by atoms with Crippen LogP contribution in [-0.2, 0) is 0 Å². The van der Waals surface area contributed by atoms with E-state index in [1.54, 1.807) is 6.20 Å². The molecule has 1 saturated heterocycles. The molecule has 28 heavy (non-hydrogen) atoms. The molecule has 6 heteroatoms. The number of likely N-dealkylation sites (tertiary alicyclic amines) is 1. The first-order valence-corrected chi connectivity index (χ1v) is 9.55. The summed E-state index contributed by atoms with van der Waals surface area (Å²) in [5.41, 5.74) is 9.76. The number of hydrogen-bond acceptors (Lipinski definition) is 5. The molecule has 1 amide bonds. The number of carbonyl (C=O) groups excluding carboxylic acids is 1. The van der Waals surface area contributed by atoms with Crippen LogP contribution in [0.4, 0.5) is 5.95 Å². The molecule has 1 unspecified atom stereocenters. The van der Waals surface area contributed by atoms with Crippen LogP contribution >= 0.6 is 0 Å². The fourth-order valence-electron chi connectivity index (χ4n) is 3.77. The average Bonchev–Trinajstić information content (AvgIpc) is 2.73. The zero-order valence-corrected chi connectivity index (χ0v) is 15.9. The molecule has 3 heterocycles. The minimum Gasteiger partial charge on any atom is -0.368 e. The van der Waals surface area contributed by atoms with E-state index in [0.717, 1.165) is 48.5 Å². The van der Waals surface area contributed by atoms with Gasteiger partial charge in [-0.1, -0.05) is 18.2 Å². The van der Waals surface area contributed by atoms with Gasteiger partial charge in [-0.2, -0.15) is 0 Å². The lowest BCUT2D eigenvalue weighted by molar-refractivity contribution is 0.0606. The van der Waals surface area contributed by atoms with Gasteiger partial charge in [0.15, 0.2) is 0 Å². The van der Waals surface area contributed by atoms with Gasteiger partial charge >= 0.3 is 0 Å². The molecular formula is C22H23N5O. The van der Waals surface area contributed by atoms with Crippen molar-refractivity contribution in [3.8, 4) is 11.3 Å². The van der Waals surface area contributed by atoms with Crippen molar-refractivity contribution in [3.63, 3.8) is 0 Å². The Balaban J connectivity index is 1.65. The van der Waals surface area contributed by atoms with Gasteiger partial charge in [0.2, 0.25) is 5.95 Å². The van der Waals surface area contributed by atoms with E-state index in [1.807, 2.05) is 60.4 Å². The zero-order valence-electron chi connectivity index (χ0n) is 15.9. The number of pyridine rings is 1. The molecule has 142 valence electrons. The highest BCUT2D eigenvalue weighted by molar-refractivity contribution is 5.95. The number of aromatic nitrogens is 3. The van der Waals surface area contributed by atoms with Crippen molar-refractivity contribution in [2.45, 2.75) is 32.2 Å². The molecule has 2 N–H and O–H groups in total. The van der Waals surface area contributed by atoms with Crippen molar-refractivity contribution in [2.75, 3.05) is 12.3 Å². The predicted octanol–water partition coefficient (Wildman–Crippen LogP) is 3.80. The van der Waals surface area contributed by atoms with Gasteiger partial charge < -0.3 is 10.6 Å². The van der Waals surface area contributed by atoms with Crippen LogP contribution < -0.4 is 5.73 Å². The Morgan fingerprint density at radius 3 is 2.79 bits per heavy atom. The maximum atomic E-state index is 13.3. The van der Waals surface area contributed by atoms with Gasteiger partial charge in [0.25, 0.3) is 5.91 Å². The molecule has 0 bridgehead atoms. The monoisotopic (exact) mass is 373 g/mol. The fraction of sp³-hybridized carbons (Fsp3) is 0.273. The maximum Gasteiger partial charge on any atom is 0.254 e. The number of aryl methyl sites for hydroxylation is 1. The molecule has 0 radical (unpaired) electrons. The minimum atomic E-state index is 0.0167. The van der Waals surface area contributed by atoms with E-state index in [9.17, 15) is 4.79 Å². The summed E-state index contributed by atoms with van der Waals surface area (Å²) in [4.78, 5) is 28.2. The van der Waals surface area contributed by atoms with Crippen molar-refractivity contribution in [1.82, 2.24) is 19.9 Å². The molecular weight excluding hydrogens is 350 g/mol. The molecule has 1 aliphatic heterocycles. The van der Waals surface area contributed by atoms with Gasteiger partial charge in [0, 0.05) is 29.6 Å². The number of nitrogens with two attached hydrogens (primary N) is 1. The number of benzene rings is 1. The zero-order chi connectivity index (χ0) is 19.5. The van der Waals surface area contributed by atoms with Crippen LogP contribution in [0, 0.1) is 6.92 Å². The number of amides is 1. The van der Waals surface area contributed by atoms with Crippen LogP contribution in [0.3, 0.4) is 0 Å². The Bertz CT molecular complexity index is 969. The number of anilines is 1. The Kier molecular flexibility index (Phi) is 5.02. The van der Waals surface area contributed by atoms with E-state index in [1.165, 1.54) is 0 Å². The second-order valence-corrected chi connectivity index (χ2v) is 7.10. The Labute approximate surface area is 164 Å².